The molecule has 9 heteroatoms. The number of para-hydroxylation sites is 1. The number of amides is 1. The van der Waals surface area contributed by atoms with E-state index in [2.05, 4.69) is 11.1 Å². The van der Waals surface area contributed by atoms with E-state index in [9.17, 15) is 9.59 Å². The number of fused-ring (bicyclic) bond motifs is 1. The lowest BCUT2D eigenvalue weighted by atomic mass is 10.1. The highest BCUT2D eigenvalue weighted by Crippen LogP contribution is 2.24. The fraction of sp³-hybridized carbons (Fsp3) is 0.310. The van der Waals surface area contributed by atoms with E-state index in [1.165, 1.54) is 7.11 Å². The zero-order valence-electron chi connectivity index (χ0n) is 21.7. The molecule has 0 saturated carbocycles. The third-order valence-electron chi connectivity index (χ3n) is 6.51. The van der Waals surface area contributed by atoms with Crippen LogP contribution in [0.1, 0.15) is 41.3 Å². The van der Waals surface area contributed by atoms with Crippen LogP contribution in [0.5, 0.6) is 0 Å². The normalized spacial score (nSPS) is 11.4. The van der Waals surface area contributed by atoms with Crippen LogP contribution in [0.3, 0.4) is 0 Å². The van der Waals surface area contributed by atoms with E-state index in [0.29, 0.717) is 41.9 Å². The Bertz CT molecular complexity index is 1410. The fourth-order valence-electron chi connectivity index (χ4n) is 4.31. The number of esters is 1. The monoisotopic (exact) mass is 555 g/mol. The number of furan rings is 1. The lowest BCUT2D eigenvalue weighted by Crippen LogP contribution is -2.43. The minimum absolute atomic E-state index is 0.0237. The van der Waals surface area contributed by atoms with Crippen LogP contribution in [0.25, 0.3) is 10.9 Å². The van der Waals surface area contributed by atoms with Gasteiger partial charge in [0, 0.05) is 36.2 Å². The lowest BCUT2D eigenvalue weighted by molar-refractivity contribution is -0.133. The molecular weight excluding hydrogens is 525 g/mol. The molecule has 4 rings (SSSR count). The first-order chi connectivity index (χ1) is 18.2. The number of H-pyrrole nitrogens is 1. The number of carbonyl (C=O) groups is 2. The molecule has 2 aromatic heterocycles. The van der Waals surface area contributed by atoms with Crippen molar-refractivity contribution in [3.8, 4) is 0 Å². The first-order valence-electron chi connectivity index (χ1n) is 12.4. The highest BCUT2D eigenvalue weighted by Gasteiger charge is 2.22. The molecule has 38 heavy (non-hydrogen) atoms. The van der Waals surface area contributed by atoms with Gasteiger partial charge in [0.2, 0.25) is 11.7 Å². The fourth-order valence-corrected chi connectivity index (χ4v) is 4.63. The Kier molecular flexibility index (Phi) is 9.15. The minimum Gasteiger partial charge on any atom is -0.463 e. The Morgan fingerprint density at radius 3 is 2.55 bits per heavy atom. The van der Waals surface area contributed by atoms with Crippen LogP contribution < -0.4 is 0 Å². The van der Waals surface area contributed by atoms with Crippen molar-refractivity contribution in [3.63, 3.8) is 0 Å². The molecule has 0 aliphatic carbocycles. The molecule has 0 radical (unpaired) electrons. The summed E-state index contributed by atoms with van der Waals surface area (Å²) >= 11 is 12.4. The smallest absolute Gasteiger partial charge is 0.373 e. The molecule has 1 N–H and O–H groups in total. The van der Waals surface area contributed by atoms with Crippen LogP contribution in [0, 0.1) is 0 Å². The van der Waals surface area contributed by atoms with Gasteiger partial charge in [0.25, 0.3) is 0 Å². The second kappa shape index (κ2) is 12.5. The largest absolute Gasteiger partial charge is 0.463 e. The summed E-state index contributed by atoms with van der Waals surface area (Å²) in [5, 5.41) is 2.08. The van der Waals surface area contributed by atoms with Crippen LogP contribution in [0.15, 0.2) is 65.2 Å². The van der Waals surface area contributed by atoms with Crippen molar-refractivity contribution in [2.24, 2.45) is 0 Å². The maximum atomic E-state index is 13.7. The molecule has 0 bridgehead atoms. The molecule has 1 amide bonds. The zero-order valence-corrected chi connectivity index (χ0v) is 23.2. The van der Waals surface area contributed by atoms with Gasteiger partial charge in [-0.25, -0.2) is 4.79 Å². The minimum atomic E-state index is -0.534. The van der Waals surface area contributed by atoms with Gasteiger partial charge in [-0.1, -0.05) is 47.5 Å². The van der Waals surface area contributed by atoms with E-state index in [1.54, 1.807) is 24.3 Å². The number of nitrogens with one attached hydrogen (secondary N) is 1. The van der Waals surface area contributed by atoms with E-state index < -0.39 is 5.97 Å². The number of hydrogen-bond acceptors (Lipinski definition) is 5. The third kappa shape index (κ3) is 6.78. The van der Waals surface area contributed by atoms with Gasteiger partial charge in [-0.05, 0) is 61.7 Å². The summed E-state index contributed by atoms with van der Waals surface area (Å²) in [6.07, 6.45) is 2.70. The van der Waals surface area contributed by atoms with Crippen molar-refractivity contribution >= 4 is 46.0 Å². The van der Waals surface area contributed by atoms with Crippen LogP contribution in [0.4, 0.5) is 0 Å². The number of aromatic amines is 1. The average Bonchev–Trinajstić information content (AvgIpc) is 3.55. The Hall–Kier alpha value is -3.26. The molecule has 4 aromatic rings. The molecule has 0 spiro atoms. The Morgan fingerprint density at radius 1 is 1.03 bits per heavy atom. The molecular formula is C29H31Cl2N3O4. The summed E-state index contributed by atoms with van der Waals surface area (Å²) in [6, 6.07) is 16.9. The summed E-state index contributed by atoms with van der Waals surface area (Å²) in [7, 11) is 1.31. The van der Waals surface area contributed by atoms with Gasteiger partial charge < -0.3 is 19.0 Å². The molecule has 0 atom stereocenters. The molecule has 0 unspecified atom stereocenters. The first kappa shape index (κ1) is 27.8. The van der Waals surface area contributed by atoms with E-state index >= 15 is 0 Å². The standard InChI is InChI=1S/C29H31Cl2N3O4/c1-19(2)34(17-22-9-11-27(38-22)29(36)37-3)18-28(35)33(16-20-8-10-24(30)25(31)14-20)13-12-21-15-32-26-7-5-4-6-23(21)26/h4-11,14-15,19,32H,12-13,16-18H2,1-3H3. The van der Waals surface area contributed by atoms with E-state index in [0.717, 1.165) is 22.0 Å². The van der Waals surface area contributed by atoms with Gasteiger partial charge in [-0.3, -0.25) is 9.69 Å². The summed E-state index contributed by atoms with van der Waals surface area (Å²) in [5.41, 5.74) is 3.12. The van der Waals surface area contributed by atoms with E-state index in [-0.39, 0.29) is 24.3 Å². The number of aromatic nitrogens is 1. The van der Waals surface area contributed by atoms with Crippen LogP contribution in [-0.2, 0) is 29.0 Å². The van der Waals surface area contributed by atoms with Crippen molar-refractivity contribution < 1.29 is 18.7 Å². The zero-order chi connectivity index (χ0) is 27.2. The Balaban J connectivity index is 1.51. The van der Waals surface area contributed by atoms with Crippen LogP contribution in [0.2, 0.25) is 10.0 Å². The number of carbonyl (C=O) groups excluding carboxylic acids is 2. The van der Waals surface area contributed by atoms with Gasteiger partial charge in [0.1, 0.15) is 5.76 Å². The van der Waals surface area contributed by atoms with Crippen LogP contribution >= 0.6 is 23.2 Å². The number of hydrogen-bond donors (Lipinski definition) is 1. The van der Waals surface area contributed by atoms with E-state index in [4.69, 9.17) is 32.4 Å². The number of methoxy groups -OCH3 is 1. The molecule has 0 aliphatic heterocycles. The summed E-state index contributed by atoms with van der Waals surface area (Å²) in [6.45, 7) is 5.53. The third-order valence-corrected chi connectivity index (χ3v) is 7.25. The van der Waals surface area contributed by atoms with Gasteiger partial charge in [0.05, 0.1) is 30.2 Å². The summed E-state index contributed by atoms with van der Waals surface area (Å²) in [4.78, 5) is 32.6. The predicted octanol–water partition coefficient (Wildman–Crippen LogP) is 6.34. The van der Waals surface area contributed by atoms with Crippen molar-refractivity contribution in [1.82, 2.24) is 14.8 Å². The number of benzene rings is 2. The number of rotatable bonds is 11. The average molecular weight is 556 g/mol. The second-order valence-corrected chi connectivity index (χ2v) is 10.2. The Labute approximate surface area is 232 Å². The molecule has 0 saturated heterocycles. The first-order valence-corrected chi connectivity index (χ1v) is 13.2. The maximum Gasteiger partial charge on any atom is 0.373 e. The quantitative estimate of drug-likeness (QED) is 0.218. The van der Waals surface area contributed by atoms with Crippen molar-refractivity contribution in [3.05, 3.63) is 93.5 Å². The molecule has 2 heterocycles. The van der Waals surface area contributed by atoms with Gasteiger partial charge in [-0.2, -0.15) is 0 Å². The second-order valence-electron chi connectivity index (χ2n) is 9.43. The SMILES string of the molecule is COC(=O)c1ccc(CN(CC(=O)N(CCc2c[nH]c3ccccc23)Cc2ccc(Cl)c(Cl)c2)C(C)C)o1. The highest BCUT2D eigenvalue weighted by molar-refractivity contribution is 6.42. The number of nitrogens with zero attached hydrogens (tertiary/aromatic N) is 2. The van der Waals surface area contributed by atoms with Crippen LogP contribution in [-0.4, -0.2) is 52.9 Å². The predicted molar refractivity (Wildman–Crippen MR) is 149 cm³/mol. The van der Waals surface area contributed by atoms with Gasteiger partial charge in [-0.15, -0.1) is 0 Å². The molecule has 0 fully saturated rings. The molecule has 2 aromatic carbocycles. The van der Waals surface area contributed by atoms with Gasteiger partial charge in [0.15, 0.2) is 0 Å². The maximum absolute atomic E-state index is 13.7. The van der Waals surface area contributed by atoms with Crippen molar-refractivity contribution in [2.75, 3.05) is 20.2 Å². The van der Waals surface area contributed by atoms with Crippen molar-refractivity contribution in [1.29, 1.82) is 0 Å². The molecule has 200 valence electrons. The van der Waals surface area contributed by atoms with Crippen molar-refractivity contribution in [2.45, 2.75) is 39.4 Å². The topological polar surface area (TPSA) is 78.8 Å². The van der Waals surface area contributed by atoms with E-state index in [1.807, 2.05) is 54.1 Å². The highest BCUT2D eigenvalue weighted by atomic mass is 35.5. The number of ether oxygens (including phenoxy) is 1. The number of halogens is 2. The summed E-state index contributed by atoms with van der Waals surface area (Å²) < 4.78 is 10.4. The molecule has 0 aliphatic rings. The molecule has 7 nitrogen and oxygen atoms in total. The Morgan fingerprint density at radius 2 is 1.82 bits per heavy atom. The lowest BCUT2D eigenvalue weighted by Gasteiger charge is -2.29. The van der Waals surface area contributed by atoms with Gasteiger partial charge >= 0.3 is 5.97 Å². The summed E-state index contributed by atoms with van der Waals surface area (Å²) in [5.74, 6) is 0.164.